The Bertz CT molecular complexity index is 1340. The van der Waals surface area contributed by atoms with Gasteiger partial charge in [-0.05, 0) is 36.1 Å². The minimum Gasteiger partial charge on any atom is -0.369 e. The molecule has 6 nitrogen and oxygen atoms in total. The van der Waals surface area contributed by atoms with Gasteiger partial charge in [0.2, 0.25) is 5.91 Å². The number of piperidine rings is 1. The fourth-order valence-electron chi connectivity index (χ4n) is 5.82. The van der Waals surface area contributed by atoms with Gasteiger partial charge in [0.05, 0.1) is 0 Å². The summed E-state index contributed by atoms with van der Waals surface area (Å²) in [6, 6.07) is 8.27. The number of hydroxylamine groups is 2. The molecule has 0 radical (unpaired) electrons. The Morgan fingerprint density at radius 3 is 1.86 bits per heavy atom. The van der Waals surface area contributed by atoms with E-state index in [1.54, 1.807) is 6.92 Å². The van der Waals surface area contributed by atoms with E-state index in [2.05, 4.69) is 4.84 Å². The van der Waals surface area contributed by atoms with E-state index < -0.39 is 64.6 Å². The Balaban J connectivity index is 1.59. The van der Waals surface area contributed by atoms with Gasteiger partial charge >= 0.3 is 24.5 Å². The Labute approximate surface area is 244 Å². The highest BCUT2D eigenvalue weighted by Gasteiger charge is 2.71. The number of carbonyl (C=O) groups is 2. The van der Waals surface area contributed by atoms with Crippen molar-refractivity contribution in [2.45, 2.75) is 55.2 Å². The topological polar surface area (TPSA) is 70.1 Å². The van der Waals surface area contributed by atoms with Gasteiger partial charge in [0.15, 0.2) is 0 Å². The van der Waals surface area contributed by atoms with Crippen LogP contribution in [0.4, 0.5) is 43.9 Å². The van der Waals surface area contributed by atoms with Gasteiger partial charge in [0.25, 0.3) is 5.60 Å². The standard InChI is InChI=1S/C28H26F10N2O4/c1-24(18-6-8-20(29)9-7-18)15-39(22(41)17-10-12-40(13-11-17)44-23(42)26(30,31)32)14-21(24)16-2-4-19(5-3-16)25(43,27(33,34)35)28(36,37)38/h2-9,17,21,43H,10-15H2,1H3/t21-,24+/m0/s1. The third kappa shape index (κ3) is 6.23. The molecule has 2 atom stereocenters. The molecule has 0 aromatic heterocycles. The van der Waals surface area contributed by atoms with Gasteiger partial charge in [-0.1, -0.05) is 43.3 Å². The lowest BCUT2D eigenvalue weighted by atomic mass is 9.71. The summed E-state index contributed by atoms with van der Waals surface area (Å²) < 4.78 is 132. The molecule has 2 fully saturated rings. The maximum Gasteiger partial charge on any atom is 0.492 e. The van der Waals surface area contributed by atoms with Crippen molar-refractivity contribution in [2.75, 3.05) is 26.2 Å². The summed E-state index contributed by atoms with van der Waals surface area (Å²) in [6.45, 7) is 1.36. The van der Waals surface area contributed by atoms with Crippen molar-refractivity contribution in [3.05, 3.63) is 71.0 Å². The van der Waals surface area contributed by atoms with Gasteiger partial charge in [-0.15, -0.1) is 5.06 Å². The van der Waals surface area contributed by atoms with E-state index in [-0.39, 0.29) is 44.6 Å². The molecule has 0 saturated carbocycles. The predicted molar refractivity (Wildman–Crippen MR) is 132 cm³/mol. The summed E-state index contributed by atoms with van der Waals surface area (Å²) >= 11 is 0. The van der Waals surface area contributed by atoms with Crippen molar-refractivity contribution in [1.29, 1.82) is 0 Å². The van der Waals surface area contributed by atoms with Crippen LogP contribution in [-0.4, -0.2) is 71.7 Å². The van der Waals surface area contributed by atoms with Crippen molar-refractivity contribution < 1.29 is 63.4 Å². The van der Waals surface area contributed by atoms with Crippen LogP contribution in [0.5, 0.6) is 0 Å². The van der Waals surface area contributed by atoms with Crippen LogP contribution in [-0.2, 0) is 25.4 Å². The molecule has 1 amide bonds. The molecule has 2 saturated heterocycles. The van der Waals surface area contributed by atoms with Gasteiger partial charge in [0.1, 0.15) is 5.82 Å². The SMILES string of the molecule is C[C@]1(c2ccc(F)cc2)CN(C(=O)C2CCN(OC(=O)C(F)(F)F)CC2)C[C@H]1c1ccc(C(O)(C(F)(F)F)C(F)(F)F)cc1. The van der Waals surface area contributed by atoms with Crippen molar-refractivity contribution >= 4 is 11.9 Å². The summed E-state index contributed by atoms with van der Waals surface area (Å²) in [7, 11) is 0. The van der Waals surface area contributed by atoms with E-state index in [4.69, 9.17) is 0 Å². The zero-order chi connectivity index (χ0) is 32.9. The molecule has 0 aliphatic carbocycles. The number of amides is 1. The number of likely N-dealkylation sites (tertiary alicyclic amines) is 1. The molecule has 2 aliphatic rings. The fourth-order valence-corrected chi connectivity index (χ4v) is 5.82. The quantitative estimate of drug-likeness (QED) is 0.420. The first-order chi connectivity index (χ1) is 20.2. The zero-order valence-corrected chi connectivity index (χ0v) is 22.9. The van der Waals surface area contributed by atoms with Crippen molar-refractivity contribution in [3.8, 4) is 0 Å². The van der Waals surface area contributed by atoms with Crippen LogP contribution in [0.2, 0.25) is 0 Å². The fraction of sp³-hybridized carbons (Fsp3) is 0.500. The minimum absolute atomic E-state index is 0.0161. The summed E-state index contributed by atoms with van der Waals surface area (Å²) in [4.78, 5) is 30.4. The van der Waals surface area contributed by atoms with Crippen LogP contribution in [0.3, 0.4) is 0 Å². The number of nitrogens with zero attached hydrogens (tertiary/aromatic N) is 2. The Hall–Kier alpha value is -3.40. The third-order valence-electron chi connectivity index (χ3n) is 8.30. The summed E-state index contributed by atoms with van der Waals surface area (Å²) in [5.74, 6) is -4.75. The molecule has 44 heavy (non-hydrogen) atoms. The van der Waals surface area contributed by atoms with Crippen molar-refractivity contribution in [3.63, 3.8) is 0 Å². The average Bonchev–Trinajstić information content (AvgIpc) is 3.29. The number of benzene rings is 2. The summed E-state index contributed by atoms with van der Waals surface area (Å²) in [5.41, 5.74) is -6.80. The lowest BCUT2D eigenvalue weighted by Crippen LogP contribution is -2.53. The number of aliphatic hydroxyl groups is 1. The number of rotatable bonds is 5. The number of halogens is 10. The highest BCUT2D eigenvalue weighted by molar-refractivity contribution is 5.80. The molecule has 2 heterocycles. The first-order valence-electron chi connectivity index (χ1n) is 13.2. The van der Waals surface area contributed by atoms with Crippen molar-refractivity contribution in [2.24, 2.45) is 5.92 Å². The van der Waals surface area contributed by atoms with Gasteiger partial charge in [-0.2, -0.15) is 39.5 Å². The van der Waals surface area contributed by atoms with Gasteiger partial charge in [-0.3, -0.25) is 4.79 Å². The lowest BCUT2D eigenvalue weighted by molar-refractivity contribution is -0.376. The predicted octanol–water partition coefficient (Wildman–Crippen LogP) is 5.75. The highest BCUT2D eigenvalue weighted by atomic mass is 19.4. The van der Waals surface area contributed by atoms with E-state index in [0.717, 1.165) is 29.3 Å². The van der Waals surface area contributed by atoms with E-state index in [0.29, 0.717) is 17.7 Å². The largest absolute Gasteiger partial charge is 0.492 e. The Kier molecular flexibility index (Phi) is 8.76. The normalized spacial score (nSPS) is 22.7. The molecule has 0 spiro atoms. The van der Waals surface area contributed by atoms with Gasteiger partial charge < -0.3 is 14.8 Å². The third-order valence-corrected chi connectivity index (χ3v) is 8.30. The second-order valence-electron chi connectivity index (χ2n) is 11.1. The molecule has 0 bridgehead atoms. The summed E-state index contributed by atoms with van der Waals surface area (Å²) in [5, 5.41) is 10.6. The number of hydrogen-bond donors (Lipinski definition) is 1. The number of hydrogen-bond acceptors (Lipinski definition) is 5. The molecule has 2 aliphatic heterocycles. The van der Waals surface area contributed by atoms with Crippen LogP contribution in [0.1, 0.15) is 42.4 Å². The Morgan fingerprint density at radius 2 is 1.39 bits per heavy atom. The molecule has 4 rings (SSSR count). The van der Waals surface area contributed by atoms with Crippen LogP contribution in [0.15, 0.2) is 48.5 Å². The zero-order valence-electron chi connectivity index (χ0n) is 22.9. The van der Waals surface area contributed by atoms with E-state index >= 15 is 0 Å². The van der Waals surface area contributed by atoms with E-state index in [9.17, 15) is 58.6 Å². The molecule has 16 heteroatoms. The second kappa shape index (κ2) is 11.5. The monoisotopic (exact) mass is 644 g/mol. The van der Waals surface area contributed by atoms with Crippen LogP contribution in [0, 0.1) is 11.7 Å². The van der Waals surface area contributed by atoms with Crippen LogP contribution >= 0.6 is 0 Å². The molecule has 1 N–H and O–H groups in total. The molecule has 2 aromatic rings. The Morgan fingerprint density at radius 1 is 0.864 bits per heavy atom. The number of alkyl halides is 9. The molecule has 0 unspecified atom stereocenters. The molecular formula is C28H26F10N2O4. The molecule has 2 aromatic carbocycles. The highest BCUT2D eigenvalue weighted by Crippen LogP contribution is 2.51. The first kappa shape index (κ1) is 33.5. The minimum atomic E-state index is -6.08. The van der Waals surface area contributed by atoms with Gasteiger partial charge in [0, 0.05) is 49.0 Å². The molecular weight excluding hydrogens is 618 g/mol. The lowest BCUT2D eigenvalue weighted by Gasteiger charge is -2.34. The van der Waals surface area contributed by atoms with Crippen molar-refractivity contribution in [1.82, 2.24) is 9.96 Å². The van der Waals surface area contributed by atoms with Crippen LogP contribution in [0.25, 0.3) is 0 Å². The number of carbonyl (C=O) groups excluding carboxylic acids is 2. The van der Waals surface area contributed by atoms with Crippen LogP contribution < -0.4 is 0 Å². The van der Waals surface area contributed by atoms with E-state index in [1.807, 2.05) is 0 Å². The maximum atomic E-state index is 13.7. The first-order valence-corrected chi connectivity index (χ1v) is 13.2. The average molecular weight is 645 g/mol. The van der Waals surface area contributed by atoms with Gasteiger partial charge in [-0.25, -0.2) is 9.18 Å². The maximum absolute atomic E-state index is 13.7. The van der Waals surface area contributed by atoms with E-state index in [1.165, 1.54) is 17.0 Å². The second-order valence-corrected chi connectivity index (χ2v) is 11.1. The molecule has 242 valence electrons. The summed E-state index contributed by atoms with van der Waals surface area (Å²) in [6.07, 6.45) is -17.3. The smallest absolute Gasteiger partial charge is 0.369 e.